The molecule has 1 aromatic heterocycles. The molecule has 6 rings (SSSR count). The van der Waals surface area contributed by atoms with Crippen molar-refractivity contribution >= 4 is 6.01 Å². The SMILES string of the molecule is Oc1nc(NC23CC4CC(CC(C4)C2)C3)oc1Cc1ccccc1. The molecule has 0 aliphatic heterocycles. The molecule has 0 unspecified atom stereocenters. The molecule has 4 aliphatic carbocycles. The lowest BCUT2D eigenvalue weighted by molar-refractivity contribution is 0.00959. The maximum absolute atomic E-state index is 10.2. The molecule has 4 saturated carbocycles. The van der Waals surface area contributed by atoms with E-state index in [1.165, 1.54) is 38.5 Å². The third kappa shape index (κ3) is 2.48. The first kappa shape index (κ1) is 14.4. The van der Waals surface area contributed by atoms with Gasteiger partial charge in [0.1, 0.15) is 0 Å². The summed E-state index contributed by atoms with van der Waals surface area (Å²) in [6.45, 7) is 0. The Labute approximate surface area is 142 Å². The van der Waals surface area contributed by atoms with Crippen molar-refractivity contribution < 1.29 is 9.52 Å². The van der Waals surface area contributed by atoms with Gasteiger partial charge in [-0.25, -0.2) is 0 Å². The summed E-state index contributed by atoms with van der Waals surface area (Å²) in [6.07, 6.45) is 8.51. The number of hydrogen-bond donors (Lipinski definition) is 2. The highest BCUT2D eigenvalue weighted by molar-refractivity contribution is 5.36. The number of aromatic hydroxyl groups is 1. The smallest absolute Gasteiger partial charge is 0.298 e. The predicted molar refractivity (Wildman–Crippen MR) is 91.9 cm³/mol. The van der Waals surface area contributed by atoms with E-state index in [2.05, 4.69) is 10.3 Å². The molecule has 1 aromatic carbocycles. The van der Waals surface area contributed by atoms with Crippen LogP contribution in [0.15, 0.2) is 34.7 Å². The lowest BCUT2D eigenvalue weighted by Gasteiger charge is -2.56. The van der Waals surface area contributed by atoms with Gasteiger partial charge in [0.25, 0.3) is 11.9 Å². The molecule has 0 atom stereocenters. The number of anilines is 1. The fourth-order valence-corrected chi connectivity index (χ4v) is 5.78. The minimum Gasteiger partial charge on any atom is -0.491 e. The van der Waals surface area contributed by atoms with Gasteiger partial charge in [-0.05, 0) is 61.8 Å². The molecule has 4 aliphatic rings. The normalized spacial score (nSPS) is 33.8. The molecular weight excluding hydrogens is 300 g/mol. The Hall–Kier alpha value is -1.97. The molecule has 4 nitrogen and oxygen atoms in total. The summed E-state index contributed by atoms with van der Waals surface area (Å²) < 4.78 is 5.89. The second-order valence-corrected chi connectivity index (χ2v) is 8.25. The average molecular weight is 324 g/mol. The minimum absolute atomic E-state index is 0.0195. The van der Waals surface area contributed by atoms with Crippen LogP contribution in [0.3, 0.4) is 0 Å². The van der Waals surface area contributed by atoms with Gasteiger partial charge in [0, 0.05) is 12.0 Å². The Morgan fingerprint density at radius 2 is 1.67 bits per heavy atom. The average Bonchev–Trinajstić information content (AvgIpc) is 2.85. The number of nitrogens with one attached hydrogen (secondary N) is 1. The van der Waals surface area contributed by atoms with E-state index in [4.69, 9.17) is 4.42 Å². The topological polar surface area (TPSA) is 58.3 Å². The van der Waals surface area contributed by atoms with Crippen LogP contribution >= 0.6 is 0 Å². The molecular formula is C20H24N2O2. The van der Waals surface area contributed by atoms with Gasteiger partial charge in [-0.15, -0.1) is 0 Å². The van der Waals surface area contributed by atoms with E-state index in [0.29, 0.717) is 18.2 Å². The van der Waals surface area contributed by atoms with Gasteiger partial charge < -0.3 is 14.8 Å². The fourth-order valence-electron chi connectivity index (χ4n) is 5.78. The zero-order valence-corrected chi connectivity index (χ0v) is 13.9. The highest BCUT2D eigenvalue weighted by Gasteiger charge is 2.51. The van der Waals surface area contributed by atoms with Crippen LogP contribution in [0.25, 0.3) is 0 Å². The maximum Gasteiger partial charge on any atom is 0.298 e. The lowest BCUT2D eigenvalue weighted by atomic mass is 9.53. The number of oxazole rings is 1. The van der Waals surface area contributed by atoms with Crippen LogP contribution in [0.4, 0.5) is 6.01 Å². The molecule has 0 amide bonds. The molecule has 2 aromatic rings. The Balaban J connectivity index is 1.36. The Bertz CT molecular complexity index is 702. The van der Waals surface area contributed by atoms with E-state index in [0.717, 1.165) is 23.3 Å². The Kier molecular flexibility index (Phi) is 3.15. The first-order valence-electron chi connectivity index (χ1n) is 9.18. The second kappa shape index (κ2) is 5.27. The molecule has 24 heavy (non-hydrogen) atoms. The van der Waals surface area contributed by atoms with E-state index in [1.807, 2.05) is 30.3 Å². The zero-order chi connectivity index (χ0) is 16.1. The number of nitrogens with zero attached hydrogens (tertiary/aromatic N) is 1. The van der Waals surface area contributed by atoms with Crippen molar-refractivity contribution in [2.45, 2.75) is 50.5 Å². The number of aromatic nitrogens is 1. The molecule has 4 bridgehead atoms. The van der Waals surface area contributed by atoms with Gasteiger partial charge in [-0.1, -0.05) is 30.3 Å². The van der Waals surface area contributed by atoms with Crippen LogP contribution < -0.4 is 5.32 Å². The van der Waals surface area contributed by atoms with E-state index < -0.39 is 0 Å². The summed E-state index contributed by atoms with van der Waals surface area (Å²) in [5.41, 5.74) is 1.26. The van der Waals surface area contributed by atoms with E-state index in [9.17, 15) is 5.11 Å². The summed E-state index contributed by atoms with van der Waals surface area (Å²) in [5.74, 6) is 3.18. The van der Waals surface area contributed by atoms with Crippen LogP contribution in [0, 0.1) is 17.8 Å². The molecule has 2 N–H and O–H groups in total. The van der Waals surface area contributed by atoms with E-state index in [1.54, 1.807) is 0 Å². The van der Waals surface area contributed by atoms with Gasteiger partial charge in [0.15, 0.2) is 5.76 Å². The van der Waals surface area contributed by atoms with Crippen molar-refractivity contribution in [2.75, 3.05) is 5.32 Å². The van der Waals surface area contributed by atoms with Crippen molar-refractivity contribution in [2.24, 2.45) is 17.8 Å². The molecule has 0 spiro atoms. The maximum atomic E-state index is 10.2. The predicted octanol–water partition coefficient (Wildman–Crippen LogP) is 4.35. The molecule has 4 fully saturated rings. The molecule has 1 heterocycles. The van der Waals surface area contributed by atoms with Gasteiger partial charge in [-0.3, -0.25) is 0 Å². The van der Waals surface area contributed by atoms with Crippen LogP contribution in [0.2, 0.25) is 0 Å². The highest BCUT2D eigenvalue weighted by atomic mass is 16.4. The number of hydrogen-bond acceptors (Lipinski definition) is 4. The highest BCUT2D eigenvalue weighted by Crippen LogP contribution is 2.56. The van der Waals surface area contributed by atoms with Crippen molar-refractivity contribution in [1.82, 2.24) is 4.98 Å². The van der Waals surface area contributed by atoms with Crippen LogP contribution in [-0.2, 0) is 6.42 Å². The minimum atomic E-state index is 0.0195. The molecule has 126 valence electrons. The van der Waals surface area contributed by atoms with Gasteiger partial charge in [-0.2, -0.15) is 4.98 Å². The fraction of sp³-hybridized carbons (Fsp3) is 0.550. The summed E-state index contributed by atoms with van der Waals surface area (Å²) in [7, 11) is 0. The summed E-state index contributed by atoms with van der Waals surface area (Å²) in [6, 6.07) is 10.6. The number of benzene rings is 1. The summed E-state index contributed by atoms with van der Waals surface area (Å²) in [5, 5.41) is 13.8. The van der Waals surface area contributed by atoms with Gasteiger partial charge in [0.05, 0.1) is 0 Å². The van der Waals surface area contributed by atoms with Crippen LogP contribution in [0.5, 0.6) is 5.88 Å². The third-order valence-corrected chi connectivity index (χ3v) is 6.29. The standard InChI is InChI=1S/C20H24N2O2/c23-18-17(9-13-4-2-1-3-5-13)24-19(21-18)22-20-10-14-6-15(11-20)8-16(7-14)12-20/h1-5,14-16,23H,6-12H2,(H,21,22). The van der Waals surface area contributed by atoms with Crippen molar-refractivity contribution in [3.8, 4) is 5.88 Å². The van der Waals surface area contributed by atoms with Crippen LogP contribution in [0.1, 0.15) is 49.8 Å². The second-order valence-electron chi connectivity index (χ2n) is 8.25. The van der Waals surface area contributed by atoms with Crippen LogP contribution in [-0.4, -0.2) is 15.6 Å². The Morgan fingerprint density at radius 3 is 2.29 bits per heavy atom. The molecule has 4 heteroatoms. The lowest BCUT2D eigenvalue weighted by Crippen LogP contribution is -2.54. The van der Waals surface area contributed by atoms with E-state index in [-0.39, 0.29) is 11.4 Å². The first-order chi connectivity index (χ1) is 11.7. The summed E-state index contributed by atoms with van der Waals surface area (Å²) in [4.78, 5) is 4.26. The van der Waals surface area contributed by atoms with E-state index >= 15 is 0 Å². The van der Waals surface area contributed by atoms with Crippen molar-refractivity contribution in [3.63, 3.8) is 0 Å². The van der Waals surface area contributed by atoms with Crippen molar-refractivity contribution in [3.05, 3.63) is 41.7 Å². The van der Waals surface area contributed by atoms with Gasteiger partial charge >= 0.3 is 0 Å². The monoisotopic (exact) mass is 324 g/mol. The molecule has 0 saturated heterocycles. The van der Waals surface area contributed by atoms with Crippen molar-refractivity contribution in [1.29, 1.82) is 0 Å². The quantitative estimate of drug-likeness (QED) is 0.878. The first-order valence-corrected chi connectivity index (χ1v) is 9.18. The summed E-state index contributed by atoms with van der Waals surface area (Å²) >= 11 is 0. The third-order valence-electron chi connectivity index (χ3n) is 6.29. The largest absolute Gasteiger partial charge is 0.491 e. The molecule has 0 radical (unpaired) electrons. The van der Waals surface area contributed by atoms with Gasteiger partial charge in [0.2, 0.25) is 0 Å². The Morgan fingerprint density at radius 1 is 1.04 bits per heavy atom. The zero-order valence-electron chi connectivity index (χ0n) is 13.9. The number of rotatable bonds is 4.